The molecule has 25 heavy (non-hydrogen) atoms. The summed E-state index contributed by atoms with van der Waals surface area (Å²) < 4.78 is 0. The van der Waals surface area contributed by atoms with Crippen LogP contribution in [0.1, 0.15) is 46.0 Å². The lowest BCUT2D eigenvalue weighted by atomic mass is 10.0. The number of amides is 2. The Morgan fingerprint density at radius 1 is 0.840 bits per heavy atom. The van der Waals surface area contributed by atoms with Crippen molar-refractivity contribution in [3.63, 3.8) is 0 Å². The monoisotopic (exact) mass is 342 g/mol. The Bertz CT molecular complexity index is 734. The molecule has 2 rings (SSSR count). The molecule has 0 aliphatic carbocycles. The van der Waals surface area contributed by atoms with Gasteiger partial charge in [0.15, 0.2) is 0 Å². The summed E-state index contributed by atoms with van der Waals surface area (Å²) in [5.74, 6) is -0.628. The van der Waals surface area contributed by atoms with Crippen LogP contribution < -0.4 is 10.6 Å². The molecule has 2 aromatic carbocycles. The maximum atomic E-state index is 12.0. The highest BCUT2D eigenvalue weighted by molar-refractivity contribution is 5.95. The Morgan fingerprint density at radius 2 is 1.32 bits per heavy atom. The summed E-state index contributed by atoms with van der Waals surface area (Å²) in [5, 5.41) is 24.1. The molecule has 0 radical (unpaired) electrons. The number of phenolic OH excluding ortho intramolecular Hbond substituents is 2. The molecule has 0 bridgehead atoms. The van der Waals surface area contributed by atoms with Crippen LogP contribution in [0.15, 0.2) is 42.5 Å². The molecule has 0 saturated carbocycles. The molecule has 0 aliphatic rings. The minimum atomic E-state index is -0.443. The third-order valence-corrected chi connectivity index (χ3v) is 3.70. The van der Waals surface area contributed by atoms with Gasteiger partial charge in [0.1, 0.15) is 11.5 Å². The van der Waals surface area contributed by atoms with Crippen LogP contribution in [0.3, 0.4) is 0 Å². The fourth-order valence-electron chi connectivity index (χ4n) is 2.30. The van der Waals surface area contributed by atoms with E-state index >= 15 is 0 Å². The number of rotatable bonds is 6. The van der Waals surface area contributed by atoms with Crippen LogP contribution >= 0.6 is 0 Å². The zero-order chi connectivity index (χ0) is 18.4. The molecule has 132 valence electrons. The highest BCUT2D eigenvalue weighted by Gasteiger charge is 2.09. The molecule has 6 heteroatoms. The van der Waals surface area contributed by atoms with Crippen molar-refractivity contribution in [2.75, 3.05) is 13.1 Å². The summed E-state index contributed by atoms with van der Waals surface area (Å²) in [6.07, 6.45) is 0. The Balaban J connectivity index is 1.80. The topological polar surface area (TPSA) is 98.7 Å². The summed E-state index contributed by atoms with van der Waals surface area (Å²) in [7, 11) is 0. The Kier molecular flexibility index (Phi) is 6.00. The van der Waals surface area contributed by atoms with Gasteiger partial charge in [-0.2, -0.15) is 0 Å². The summed E-state index contributed by atoms with van der Waals surface area (Å²) in [4.78, 5) is 24.0. The molecule has 2 amide bonds. The van der Waals surface area contributed by atoms with Gasteiger partial charge in [0.05, 0.1) is 0 Å². The van der Waals surface area contributed by atoms with Crippen molar-refractivity contribution in [2.45, 2.75) is 19.8 Å². The molecular weight excluding hydrogens is 320 g/mol. The van der Waals surface area contributed by atoms with E-state index in [-0.39, 0.29) is 36.1 Å². The van der Waals surface area contributed by atoms with Crippen LogP contribution in [0.5, 0.6) is 11.5 Å². The van der Waals surface area contributed by atoms with Crippen LogP contribution in [0.25, 0.3) is 0 Å². The zero-order valence-electron chi connectivity index (χ0n) is 14.2. The van der Waals surface area contributed by atoms with Crippen LogP contribution in [0, 0.1) is 0 Å². The number of carbonyl (C=O) groups excluding carboxylic acids is 2. The minimum absolute atomic E-state index is 0.146. The van der Waals surface area contributed by atoms with E-state index in [0.29, 0.717) is 11.5 Å². The fraction of sp³-hybridized carbons (Fsp3) is 0.263. The minimum Gasteiger partial charge on any atom is -0.508 e. The lowest BCUT2D eigenvalue weighted by molar-refractivity contribution is 0.0927. The van der Waals surface area contributed by atoms with Gasteiger partial charge in [0.25, 0.3) is 11.8 Å². The average molecular weight is 342 g/mol. The van der Waals surface area contributed by atoms with Crippen molar-refractivity contribution in [3.8, 4) is 11.5 Å². The largest absolute Gasteiger partial charge is 0.508 e. The van der Waals surface area contributed by atoms with Crippen LogP contribution in [-0.4, -0.2) is 35.1 Å². The van der Waals surface area contributed by atoms with Crippen LogP contribution in [0.2, 0.25) is 0 Å². The quantitative estimate of drug-likeness (QED) is 0.606. The van der Waals surface area contributed by atoms with E-state index in [9.17, 15) is 19.8 Å². The second-order valence-corrected chi connectivity index (χ2v) is 6.03. The smallest absolute Gasteiger partial charge is 0.251 e. The summed E-state index contributed by atoms with van der Waals surface area (Å²) in [6, 6.07) is 11.1. The summed E-state index contributed by atoms with van der Waals surface area (Å²) in [5.41, 5.74) is 1.87. The van der Waals surface area contributed by atoms with E-state index in [4.69, 9.17) is 0 Å². The average Bonchev–Trinajstić information content (AvgIpc) is 2.57. The maximum Gasteiger partial charge on any atom is 0.251 e. The lowest BCUT2D eigenvalue weighted by Gasteiger charge is -2.09. The number of phenols is 2. The number of carbonyl (C=O) groups is 2. The van der Waals surface area contributed by atoms with E-state index in [1.165, 1.54) is 12.1 Å². The molecule has 0 aliphatic heterocycles. The Morgan fingerprint density at radius 3 is 1.80 bits per heavy atom. The number of nitrogens with one attached hydrogen (secondary N) is 2. The van der Waals surface area contributed by atoms with E-state index in [0.717, 1.165) is 11.6 Å². The summed E-state index contributed by atoms with van der Waals surface area (Å²) in [6.45, 7) is 4.67. The third kappa shape index (κ3) is 5.24. The van der Waals surface area contributed by atoms with Gasteiger partial charge in [-0.3, -0.25) is 9.59 Å². The molecule has 0 atom stereocenters. The van der Waals surface area contributed by atoms with E-state index in [2.05, 4.69) is 24.5 Å². The predicted octanol–water partition coefficient (Wildman–Crippen LogP) is 2.38. The molecule has 0 fully saturated rings. The normalized spacial score (nSPS) is 10.5. The predicted molar refractivity (Wildman–Crippen MR) is 95.0 cm³/mol. The molecule has 4 N–H and O–H groups in total. The van der Waals surface area contributed by atoms with Gasteiger partial charge in [-0.25, -0.2) is 0 Å². The SMILES string of the molecule is CC(C)c1ccc(C(=O)NCCNC(=O)c2cc(O)cc(O)c2)cc1. The molecular formula is C19H22N2O4. The second kappa shape index (κ2) is 8.19. The fourth-order valence-corrected chi connectivity index (χ4v) is 2.30. The van der Waals surface area contributed by atoms with Gasteiger partial charge in [-0.15, -0.1) is 0 Å². The third-order valence-electron chi connectivity index (χ3n) is 3.70. The van der Waals surface area contributed by atoms with E-state index in [1.807, 2.05) is 12.1 Å². The molecule has 0 aromatic heterocycles. The number of hydrogen-bond acceptors (Lipinski definition) is 4. The second-order valence-electron chi connectivity index (χ2n) is 6.03. The molecule has 0 saturated heterocycles. The van der Waals surface area contributed by atoms with E-state index in [1.54, 1.807) is 12.1 Å². The van der Waals surface area contributed by atoms with Gasteiger partial charge in [0.2, 0.25) is 0 Å². The first-order valence-corrected chi connectivity index (χ1v) is 8.06. The standard InChI is InChI=1S/C19H22N2O4/c1-12(2)13-3-5-14(6-4-13)18(24)20-7-8-21-19(25)15-9-16(22)11-17(23)10-15/h3-6,9-12,22-23H,7-8H2,1-2H3,(H,20,24)(H,21,25). The van der Waals surface area contributed by atoms with Crippen molar-refractivity contribution < 1.29 is 19.8 Å². The highest BCUT2D eigenvalue weighted by Crippen LogP contribution is 2.20. The molecule has 0 unspecified atom stereocenters. The zero-order valence-corrected chi connectivity index (χ0v) is 14.2. The van der Waals surface area contributed by atoms with Gasteiger partial charge in [-0.05, 0) is 35.7 Å². The highest BCUT2D eigenvalue weighted by atomic mass is 16.3. The summed E-state index contributed by atoms with van der Waals surface area (Å²) >= 11 is 0. The Labute approximate surface area is 146 Å². The first-order valence-electron chi connectivity index (χ1n) is 8.06. The first-order chi connectivity index (χ1) is 11.9. The van der Waals surface area contributed by atoms with Gasteiger partial charge in [-0.1, -0.05) is 26.0 Å². The first kappa shape index (κ1) is 18.3. The van der Waals surface area contributed by atoms with Gasteiger partial charge < -0.3 is 20.8 Å². The van der Waals surface area contributed by atoms with Crippen molar-refractivity contribution in [1.29, 1.82) is 0 Å². The maximum absolute atomic E-state index is 12.0. The van der Waals surface area contributed by atoms with Crippen molar-refractivity contribution in [1.82, 2.24) is 10.6 Å². The van der Waals surface area contributed by atoms with Crippen molar-refractivity contribution in [2.24, 2.45) is 0 Å². The number of aromatic hydroxyl groups is 2. The van der Waals surface area contributed by atoms with Crippen molar-refractivity contribution in [3.05, 3.63) is 59.2 Å². The van der Waals surface area contributed by atoms with Gasteiger partial charge >= 0.3 is 0 Å². The Hall–Kier alpha value is -3.02. The van der Waals surface area contributed by atoms with Crippen LogP contribution in [-0.2, 0) is 0 Å². The lowest BCUT2D eigenvalue weighted by Crippen LogP contribution is -2.34. The number of benzene rings is 2. The molecule has 0 spiro atoms. The molecule has 2 aromatic rings. The van der Waals surface area contributed by atoms with Gasteiger partial charge in [0, 0.05) is 30.3 Å². The molecule has 0 heterocycles. The van der Waals surface area contributed by atoms with Crippen molar-refractivity contribution >= 4 is 11.8 Å². The van der Waals surface area contributed by atoms with Crippen LogP contribution in [0.4, 0.5) is 0 Å². The van der Waals surface area contributed by atoms with E-state index < -0.39 is 5.91 Å². The number of hydrogen-bond donors (Lipinski definition) is 4. The molecule has 6 nitrogen and oxygen atoms in total.